The molecule has 0 aliphatic rings. The van der Waals surface area contributed by atoms with Crippen LogP contribution in [0, 0.1) is 6.92 Å². The Hall–Kier alpha value is -2.99. The van der Waals surface area contributed by atoms with Gasteiger partial charge in [-0.2, -0.15) is 0 Å². The fraction of sp³-hybridized carbons (Fsp3) is 0.158. The molecule has 2 N–H and O–H groups in total. The lowest BCUT2D eigenvalue weighted by atomic mass is 10.2. The number of benzene rings is 1. The van der Waals surface area contributed by atoms with Crippen molar-refractivity contribution in [1.29, 1.82) is 0 Å². The predicted octanol–water partition coefficient (Wildman–Crippen LogP) is 3.38. The summed E-state index contributed by atoms with van der Waals surface area (Å²) in [5.74, 6) is 0.846. The van der Waals surface area contributed by atoms with Gasteiger partial charge < -0.3 is 10.6 Å². The summed E-state index contributed by atoms with van der Waals surface area (Å²) in [5.41, 5.74) is 2.16. The van der Waals surface area contributed by atoms with Gasteiger partial charge in [-0.1, -0.05) is 29.8 Å². The molecule has 1 amide bonds. The number of amides is 1. The van der Waals surface area contributed by atoms with Crippen LogP contribution in [0.2, 0.25) is 5.02 Å². The van der Waals surface area contributed by atoms with Crippen LogP contribution in [0.5, 0.6) is 0 Å². The molecule has 0 fully saturated rings. The van der Waals surface area contributed by atoms with E-state index in [-0.39, 0.29) is 5.91 Å². The van der Waals surface area contributed by atoms with E-state index in [1.807, 2.05) is 30.3 Å². The average Bonchev–Trinajstić information content (AvgIpc) is 2.66. The van der Waals surface area contributed by atoms with Crippen molar-refractivity contribution in [1.82, 2.24) is 20.3 Å². The first-order chi connectivity index (χ1) is 12.6. The van der Waals surface area contributed by atoms with Gasteiger partial charge in [0.2, 0.25) is 0 Å². The number of pyridine rings is 1. The van der Waals surface area contributed by atoms with E-state index in [1.54, 1.807) is 31.3 Å². The minimum absolute atomic E-state index is 0.258. The molecular weight excluding hydrogens is 350 g/mol. The zero-order valence-corrected chi connectivity index (χ0v) is 15.0. The highest BCUT2D eigenvalue weighted by Gasteiger charge is 2.10. The molecule has 6 nitrogen and oxygen atoms in total. The number of halogens is 1. The maximum Gasteiger partial charge on any atom is 0.270 e. The zero-order chi connectivity index (χ0) is 18.4. The number of rotatable bonds is 6. The standard InChI is InChI=1S/C19H18ClN5O/c1-13-24-17(19(26)23-11-14-5-7-15(20)8-6-14)10-18(25-13)22-12-16-4-2-3-9-21-16/h2-10H,11-12H2,1H3,(H,23,26)(H,22,24,25). The minimum Gasteiger partial charge on any atom is -0.364 e. The van der Waals surface area contributed by atoms with Crippen molar-refractivity contribution in [3.05, 3.63) is 82.5 Å². The summed E-state index contributed by atoms with van der Waals surface area (Å²) in [6, 6.07) is 14.6. The lowest BCUT2D eigenvalue weighted by Gasteiger charge is -2.09. The van der Waals surface area contributed by atoms with Gasteiger partial charge in [0.25, 0.3) is 5.91 Å². The lowest BCUT2D eigenvalue weighted by molar-refractivity contribution is 0.0945. The van der Waals surface area contributed by atoms with Gasteiger partial charge in [0.15, 0.2) is 0 Å². The highest BCUT2D eigenvalue weighted by atomic mass is 35.5. The number of nitrogens with one attached hydrogen (secondary N) is 2. The zero-order valence-electron chi connectivity index (χ0n) is 14.2. The number of aryl methyl sites for hydroxylation is 1. The molecule has 3 rings (SSSR count). The lowest BCUT2D eigenvalue weighted by Crippen LogP contribution is -2.24. The maximum absolute atomic E-state index is 12.4. The van der Waals surface area contributed by atoms with Crippen molar-refractivity contribution < 1.29 is 4.79 Å². The Morgan fingerprint density at radius 1 is 1.08 bits per heavy atom. The maximum atomic E-state index is 12.4. The summed E-state index contributed by atoms with van der Waals surface area (Å²) in [5, 5.41) is 6.68. The third-order valence-corrected chi connectivity index (χ3v) is 3.87. The Labute approximate surface area is 156 Å². The summed E-state index contributed by atoms with van der Waals surface area (Å²) in [4.78, 5) is 25.2. The van der Waals surface area contributed by atoms with Gasteiger partial charge in [-0.15, -0.1) is 0 Å². The van der Waals surface area contributed by atoms with Crippen LogP contribution >= 0.6 is 11.6 Å². The summed E-state index contributed by atoms with van der Waals surface area (Å²) in [6.45, 7) is 2.67. The molecule has 2 aromatic heterocycles. The largest absolute Gasteiger partial charge is 0.364 e. The smallest absolute Gasteiger partial charge is 0.270 e. The number of anilines is 1. The molecule has 0 saturated heterocycles. The molecule has 0 unspecified atom stereocenters. The molecule has 0 spiro atoms. The first-order valence-corrected chi connectivity index (χ1v) is 8.50. The van der Waals surface area contributed by atoms with Gasteiger partial charge >= 0.3 is 0 Å². The van der Waals surface area contributed by atoms with Crippen molar-refractivity contribution in [3.8, 4) is 0 Å². The van der Waals surface area contributed by atoms with Crippen molar-refractivity contribution in [2.75, 3.05) is 5.32 Å². The van der Waals surface area contributed by atoms with Gasteiger partial charge in [0.05, 0.1) is 12.2 Å². The number of carbonyl (C=O) groups is 1. The number of hydrogen-bond donors (Lipinski definition) is 2. The Kier molecular flexibility index (Phi) is 5.76. The molecule has 26 heavy (non-hydrogen) atoms. The van der Waals surface area contributed by atoms with Crippen LogP contribution in [0.4, 0.5) is 5.82 Å². The second-order valence-electron chi connectivity index (χ2n) is 5.67. The van der Waals surface area contributed by atoms with Crippen LogP contribution in [0.25, 0.3) is 0 Å². The van der Waals surface area contributed by atoms with Crippen LogP contribution in [0.1, 0.15) is 27.6 Å². The van der Waals surface area contributed by atoms with Gasteiger partial charge in [-0.25, -0.2) is 9.97 Å². The quantitative estimate of drug-likeness (QED) is 0.698. The van der Waals surface area contributed by atoms with E-state index < -0.39 is 0 Å². The van der Waals surface area contributed by atoms with E-state index in [0.29, 0.717) is 35.4 Å². The topological polar surface area (TPSA) is 79.8 Å². The highest BCUT2D eigenvalue weighted by Crippen LogP contribution is 2.11. The van der Waals surface area contributed by atoms with Gasteiger partial charge in [-0.05, 0) is 36.8 Å². The molecule has 0 radical (unpaired) electrons. The molecule has 0 atom stereocenters. The monoisotopic (exact) mass is 367 g/mol. The Morgan fingerprint density at radius 3 is 2.62 bits per heavy atom. The van der Waals surface area contributed by atoms with Crippen molar-refractivity contribution in [2.45, 2.75) is 20.0 Å². The third kappa shape index (κ3) is 5.00. The van der Waals surface area contributed by atoms with E-state index in [1.165, 1.54) is 0 Å². The number of hydrogen-bond acceptors (Lipinski definition) is 5. The fourth-order valence-electron chi connectivity index (χ4n) is 2.33. The van der Waals surface area contributed by atoms with E-state index in [2.05, 4.69) is 25.6 Å². The molecule has 0 aliphatic heterocycles. The normalized spacial score (nSPS) is 10.4. The molecule has 3 aromatic rings. The van der Waals surface area contributed by atoms with Crippen LogP contribution in [0.3, 0.4) is 0 Å². The van der Waals surface area contributed by atoms with Gasteiger partial charge in [0, 0.05) is 23.8 Å². The predicted molar refractivity (Wildman–Crippen MR) is 101 cm³/mol. The molecule has 7 heteroatoms. The van der Waals surface area contributed by atoms with Crippen molar-refractivity contribution >= 4 is 23.3 Å². The molecular formula is C19H18ClN5O. The van der Waals surface area contributed by atoms with Crippen molar-refractivity contribution in [3.63, 3.8) is 0 Å². The van der Waals surface area contributed by atoms with Crippen LogP contribution in [-0.4, -0.2) is 20.9 Å². The van der Waals surface area contributed by atoms with Crippen LogP contribution in [0.15, 0.2) is 54.7 Å². The van der Waals surface area contributed by atoms with E-state index >= 15 is 0 Å². The van der Waals surface area contributed by atoms with Crippen molar-refractivity contribution in [2.24, 2.45) is 0 Å². The summed E-state index contributed by atoms with van der Waals surface area (Å²) >= 11 is 5.86. The number of aromatic nitrogens is 3. The molecule has 1 aromatic carbocycles. The van der Waals surface area contributed by atoms with Gasteiger partial charge in [0.1, 0.15) is 17.3 Å². The van der Waals surface area contributed by atoms with Crippen LogP contribution < -0.4 is 10.6 Å². The molecule has 0 saturated carbocycles. The Balaban J connectivity index is 1.64. The first-order valence-electron chi connectivity index (χ1n) is 8.12. The van der Waals surface area contributed by atoms with E-state index in [0.717, 1.165) is 11.3 Å². The summed E-state index contributed by atoms with van der Waals surface area (Å²) in [7, 11) is 0. The second-order valence-corrected chi connectivity index (χ2v) is 6.11. The number of nitrogens with zero attached hydrogens (tertiary/aromatic N) is 3. The fourth-order valence-corrected chi connectivity index (χ4v) is 2.46. The molecule has 132 valence electrons. The summed E-state index contributed by atoms with van der Waals surface area (Å²) < 4.78 is 0. The number of carbonyl (C=O) groups excluding carboxylic acids is 1. The Bertz CT molecular complexity index is 884. The SMILES string of the molecule is Cc1nc(NCc2ccccn2)cc(C(=O)NCc2ccc(Cl)cc2)n1. The Morgan fingerprint density at radius 2 is 1.88 bits per heavy atom. The van der Waals surface area contributed by atoms with E-state index in [4.69, 9.17) is 11.6 Å². The van der Waals surface area contributed by atoms with Crippen LogP contribution in [-0.2, 0) is 13.1 Å². The highest BCUT2D eigenvalue weighted by molar-refractivity contribution is 6.30. The third-order valence-electron chi connectivity index (χ3n) is 3.61. The minimum atomic E-state index is -0.258. The average molecular weight is 368 g/mol. The molecule has 0 bridgehead atoms. The summed E-state index contributed by atoms with van der Waals surface area (Å²) in [6.07, 6.45) is 1.73. The molecule has 2 heterocycles. The molecule has 0 aliphatic carbocycles. The first kappa shape index (κ1) is 17.8. The second kappa shape index (κ2) is 8.40. The van der Waals surface area contributed by atoms with E-state index in [9.17, 15) is 4.79 Å². The van der Waals surface area contributed by atoms with Gasteiger partial charge in [-0.3, -0.25) is 9.78 Å².